The number of para-hydroxylation sites is 1. The lowest BCUT2D eigenvalue weighted by Gasteiger charge is -2.12. The van der Waals surface area contributed by atoms with Gasteiger partial charge in [-0.15, -0.1) is 0 Å². The maximum Gasteiger partial charge on any atom is 0.261 e. The highest BCUT2D eigenvalue weighted by atomic mass is 32.2. The first-order valence-corrected chi connectivity index (χ1v) is 10.7. The molecular weight excluding hydrogens is 421 g/mol. The molecule has 0 saturated heterocycles. The van der Waals surface area contributed by atoms with E-state index >= 15 is 0 Å². The molecule has 0 radical (unpaired) electrons. The number of sulfonamides is 1. The molecule has 0 aromatic heterocycles. The number of anilines is 2. The summed E-state index contributed by atoms with van der Waals surface area (Å²) >= 11 is 0. The van der Waals surface area contributed by atoms with Gasteiger partial charge in [-0.25, -0.2) is 12.8 Å². The highest BCUT2D eigenvalue weighted by molar-refractivity contribution is 7.92. The highest BCUT2D eigenvalue weighted by Crippen LogP contribution is 2.21. The van der Waals surface area contributed by atoms with Crippen molar-refractivity contribution in [1.29, 1.82) is 0 Å². The van der Waals surface area contributed by atoms with Gasteiger partial charge in [0, 0.05) is 18.3 Å². The third-order valence-electron chi connectivity index (χ3n) is 4.48. The number of halogens is 1. The Morgan fingerprint density at radius 2 is 1.65 bits per heavy atom. The van der Waals surface area contributed by atoms with E-state index in [2.05, 4.69) is 15.4 Å². The molecule has 2 amide bonds. The molecule has 3 N–H and O–H groups in total. The van der Waals surface area contributed by atoms with Crippen molar-refractivity contribution in [1.82, 2.24) is 5.32 Å². The zero-order chi connectivity index (χ0) is 22.6. The second-order valence-corrected chi connectivity index (χ2v) is 8.36. The molecule has 0 aliphatic rings. The van der Waals surface area contributed by atoms with Crippen LogP contribution in [0.1, 0.15) is 26.3 Å². The Hall–Kier alpha value is -3.72. The van der Waals surface area contributed by atoms with Crippen LogP contribution in [0.15, 0.2) is 71.6 Å². The predicted octanol–water partition coefficient (Wildman–Crippen LogP) is 3.55. The van der Waals surface area contributed by atoms with Gasteiger partial charge in [0.2, 0.25) is 0 Å². The average molecular weight is 441 g/mol. The van der Waals surface area contributed by atoms with Crippen LogP contribution in [0, 0.1) is 12.7 Å². The molecule has 0 aliphatic carbocycles. The van der Waals surface area contributed by atoms with Crippen LogP contribution in [0.4, 0.5) is 15.8 Å². The van der Waals surface area contributed by atoms with Crippen LogP contribution < -0.4 is 15.4 Å². The number of aryl methyl sites for hydroxylation is 1. The fourth-order valence-corrected chi connectivity index (χ4v) is 3.86. The molecule has 9 heteroatoms. The summed E-state index contributed by atoms with van der Waals surface area (Å²) in [6.07, 6.45) is 0. The van der Waals surface area contributed by atoms with Crippen molar-refractivity contribution >= 4 is 33.2 Å². The normalized spacial score (nSPS) is 10.9. The molecule has 0 aliphatic heterocycles. The van der Waals surface area contributed by atoms with Crippen molar-refractivity contribution in [3.63, 3.8) is 0 Å². The van der Waals surface area contributed by atoms with Crippen LogP contribution in [-0.4, -0.2) is 27.3 Å². The van der Waals surface area contributed by atoms with Gasteiger partial charge in [0.25, 0.3) is 21.8 Å². The van der Waals surface area contributed by atoms with E-state index in [9.17, 15) is 22.4 Å². The lowest BCUT2D eigenvalue weighted by Crippen LogP contribution is -2.21. The van der Waals surface area contributed by atoms with E-state index in [1.54, 1.807) is 24.3 Å². The molecule has 0 unspecified atom stereocenters. The zero-order valence-electron chi connectivity index (χ0n) is 16.8. The van der Waals surface area contributed by atoms with Gasteiger partial charge in [0.1, 0.15) is 5.82 Å². The predicted molar refractivity (Wildman–Crippen MR) is 116 cm³/mol. The SMILES string of the molecule is CNC(=O)c1ccccc1NC(=O)c1cccc(NS(=O)(=O)c2ccc(C)c(F)c2)c1. The molecule has 0 atom stereocenters. The van der Waals surface area contributed by atoms with Crippen LogP contribution in [0.2, 0.25) is 0 Å². The molecular formula is C22H20FN3O4S. The van der Waals surface area contributed by atoms with E-state index < -0.39 is 21.7 Å². The first kappa shape index (κ1) is 22.0. The number of nitrogens with one attached hydrogen (secondary N) is 3. The summed E-state index contributed by atoms with van der Waals surface area (Å²) in [5.41, 5.74) is 1.23. The lowest BCUT2D eigenvalue weighted by atomic mass is 10.1. The third-order valence-corrected chi connectivity index (χ3v) is 5.86. The first-order valence-electron chi connectivity index (χ1n) is 9.23. The standard InChI is InChI=1S/C22H20FN3O4S/c1-14-10-11-17(13-19(14)23)31(29,30)26-16-7-5-6-15(12-16)21(27)25-20-9-4-3-8-18(20)22(28)24-2/h3-13,26H,1-2H3,(H,24,28)(H,25,27). The van der Waals surface area contributed by atoms with Gasteiger partial charge in [-0.2, -0.15) is 0 Å². The summed E-state index contributed by atoms with van der Waals surface area (Å²) in [6.45, 7) is 1.53. The number of hydrogen-bond donors (Lipinski definition) is 3. The molecule has 0 heterocycles. The number of benzene rings is 3. The monoisotopic (exact) mass is 441 g/mol. The smallest absolute Gasteiger partial charge is 0.261 e. The fourth-order valence-electron chi connectivity index (χ4n) is 2.80. The molecule has 0 saturated carbocycles. The van der Waals surface area contributed by atoms with Gasteiger partial charge in [-0.05, 0) is 55.0 Å². The van der Waals surface area contributed by atoms with Crippen molar-refractivity contribution in [2.45, 2.75) is 11.8 Å². The first-order chi connectivity index (χ1) is 14.7. The van der Waals surface area contributed by atoms with E-state index in [0.717, 1.165) is 6.07 Å². The number of rotatable bonds is 6. The van der Waals surface area contributed by atoms with Crippen LogP contribution in [0.5, 0.6) is 0 Å². The minimum absolute atomic E-state index is 0.133. The summed E-state index contributed by atoms with van der Waals surface area (Å²) in [4.78, 5) is 24.4. The summed E-state index contributed by atoms with van der Waals surface area (Å²) in [5.74, 6) is -1.52. The summed E-state index contributed by atoms with van der Waals surface area (Å²) in [6, 6.07) is 15.9. The minimum Gasteiger partial charge on any atom is -0.355 e. The van der Waals surface area contributed by atoms with Crippen molar-refractivity contribution in [3.05, 3.63) is 89.2 Å². The van der Waals surface area contributed by atoms with E-state index in [1.807, 2.05) is 0 Å². The van der Waals surface area contributed by atoms with Crippen molar-refractivity contribution in [2.75, 3.05) is 17.1 Å². The number of amides is 2. The number of hydrogen-bond acceptors (Lipinski definition) is 4. The molecule has 0 spiro atoms. The van der Waals surface area contributed by atoms with Crippen LogP contribution in [0.3, 0.4) is 0 Å². The van der Waals surface area contributed by atoms with E-state index in [0.29, 0.717) is 11.3 Å². The Morgan fingerprint density at radius 1 is 0.903 bits per heavy atom. The van der Waals surface area contributed by atoms with E-state index in [4.69, 9.17) is 0 Å². The summed E-state index contributed by atoms with van der Waals surface area (Å²) < 4.78 is 41.2. The Bertz CT molecular complexity index is 1260. The molecule has 0 fully saturated rings. The summed E-state index contributed by atoms with van der Waals surface area (Å²) in [7, 11) is -2.57. The zero-order valence-corrected chi connectivity index (χ0v) is 17.6. The Labute approximate surface area is 179 Å². The lowest BCUT2D eigenvalue weighted by molar-refractivity contribution is 0.0964. The van der Waals surface area contributed by atoms with Gasteiger partial charge >= 0.3 is 0 Å². The van der Waals surface area contributed by atoms with E-state index in [-0.39, 0.29) is 27.6 Å². The quantitative estimate of drug-likeness (QED) is 0.544. The molecule has 7 nitrogen and oxygen atoms in total. The Morgan fingerprint density at radius 3 is 2.35 bits per heavy atom. The molecule has 3 aromatic rings. The minimum atomic E-state index is -4.05. The van der Waals surface area contributed by atoms with Crippen molar-refractivity contribution in [3.8, 4) is 0 Å². The van der Waals surface area contributed by atoms with Gasteiger partial charge < -0.3 is 10.6 Å². The third kappa shape index (κ3) is 5.07. The van der Waals surface area contributed by atoms with Gasteiger partial charge in [-0.1, -0.05) is 24.3 Å². The maximum atomic E-state index is 13.8. The Kier molecular flexibility index (Phi) is 6.36. The molecule has 31 heavy (non-hydrogen) atoms. The molecule has 3 rings (SSSR count). The molecule has 0 bridgehead atoms. The van der Waals surface area contributed by atoms with Gasteiger partial charge in [-0.3, -0.25) is 14.3 Å². The average Bonchev–Trinajstić information content (AvgIpc) is 2.75. The van der Waals surface area contributed by atoms with Crippen LogP contribution >= 0.6 is 0 Å². The van der Waals surface area contributed by atoms with Crippen molar-refractivity contribution < 1.29 is 22.4 Å². The van der Waals surface area contributed by atoms with Crippen LogP contribution in [-0.2, 0) is 10.0 Å². The molecule has 160 valence electrons. The topological polar surface area (TPSA) is 104 Å². The van der Waals surface area contributed by atoms with E-state index in [1.165, 1.54) is 50.4 Å². The van der Waals surface area contributed by atoms with Gasteiger partial charge in [0.05, 0.1) is 16.1 Å². The van der Waals surface area contributed by atoms with Gasteiger partial charge in [0.15, 0.2) is 0 Å². The highest BCUT2D eigenvalue weighted by Gasteiger charge is 2.17. The maximum absolute atomic E-state index is 13.8. The number of carbonyl (C=O) groups excluding carboxylic acids is 2. The fraction of sp³-hybridized carbons (Fsp3) is 0.0909. The second kappa shape index (κ2) is 8.97. The Balaban J connectivity index is 1.83. The second-order valence-electron chi connectivity index (χ2n) is 6.68. The van der Waals surface area contributed by atoms with Crippen molar-refractivity contribution in [2.24, 2.45) is 0 Å². The molecule has 3 aromatic carbocycles. The largest absolute Gasteiger partial charge is 0.355 e. The number of carbonyl (C=O) groups is 2. The summed E-state index contributed by atoms with van der Waals surface area (Å²) in [5, 5.41) is 5.15. The van der Waals surface area contributed by atoms with Crippen LogP contribution in [0.25, 0.3) is 0 Å².